The lowest BCUT2D eigenvalue weighted by Gasteiger charge is -2.12. The van der Waals surface area contributed by atoms with Crippen LogP contribution in [0.1, 0.15) is 39.8 Å². The molecule has 2 rings (SSSR count). The molecule has 0 bridgehead atoms. The molecule has 0 aliphatic carbocycles. The fourth-order valence-corrected chi connectivity index (χ4v) is 2.42. The Hall–Kier alpha value is -3.43. The van der Waals surface area contributed by atoms with Crippen LogP contribution in [0.2, 0.25) is 0 Å². The van der Waals surface area contributed by atoms with Gasteiger partial charge in [0.2, 0.25) is 0 Å². The number of aromatic nitrogens is 2. The first-order valence-electron chi connectivity index (χ1n) is 7.82. The van der Waals surface area contributed by atoms with Gasteiger partial charge in [-0.2, -0.15) is 5.10 Å². The molecule has 0 fully saturated rings. The van der Waals surface area contributed by atoms with Crippen LogP contribution in [-0.2, 0) is 7.05 Å². The van der Waals surface area contributed by atoms with Gasteiger partial charge in [-0.05, 0) is 19.4 Å². The Kier molecular flexibility index (Phi) is 5.55. The normalized spacial score (nSPS) is 10.4. The van der Waals surface area contributed by atoms with E-state index in [0.29, 0.717) is 18.7 Å². The Morgan fingerprint density at radius 1 is 1.42 bits per heavy atom. The molecular formula is C16H19N5O5. The topological polar surface area (TPSA) is 142 Å². The minimum atomic E-state index is -0.743. The van der Waals surface area contributed by atoms with Crippen molar-refractivity contribution < 1.29 is 19.2 Å². The van der Waals surface area contributed by atoms with Crippen LogP contribution in [0.5, 0.6) is 5.75 Å². The van der Waals surface area contributed by atoms with Crippen LogP contribution in [0.15, 0.2) is 18.2 Å². The molecule has 0 spiro atoms. The van der Waals surface area contributed by atoms with Gasteiger partial charge in [0.1, 0.15) is 17.1 Å². The second-order valence-electron chi connectivity index (χ2n) is 5.54. The number of nitrogens with two attached hydrogens (primary N) is 1. The number of nitrogens with one attached hydrogen (secondary N) is 1. The van der Waals surface area contributed by atoms with Crippen molar-refractivity contribution in [2.24, 2.45) is 12.8 Å². The smallest absolute Gasteiger partial charge is 0.270 e. The minimum Gasteiger partial charge on any atom is -0.493 e. The summed E-state index contributed by atoms with van der Waals surface area (Å²) in [4.78, 5) is 34.7. The second-order valence-corrected chi connectivity index (χ2v) is 5.54. The number of carbonyl (C=O) groups excluding carboxylic acids is 2. The Morgan fingerprint density at radius 2 is 2.12 bits per heavy atom. The average Bonchev–Trinajstić information content (AvgIpc) is 2.86. The first-order chi connectivity index (χ1) is 12.3. The number of aryl methyl sites for hydroxylation is 2. The molecule has 138 valence electrons. The van der Waals surface area contributed by atoms with Gasteiger partial charge in [0, 0.05) is 19.2 Å². The standard InChI is InChI=1S/C16H19N5O5/c1-4-7-26-12-6-5-10(21(24)25)8-11(12)16(23)18-15-13(14(17)22)9(2)19-20(15)3/h5-6,8H,4,7H2,1-3H3,(H2,17,22)(H,18,23). The van der Waals surface area contributed by atoms with E-state index < -0.39 is 16.7 Å². The molecule has 1 aromatic carbocycles. The molecule has 10 nitrogen and oxygen atoms in total. The second kappa shape index (κ2) is 7.64. The summed E-state index contributed by atoms with van der Waals surface area (Å²) in [6.07, 6.45) is 0.699. The van der Waals surface area contributed by atoms with E-state index >= 15 is 0 Å². The number of ether oxygens (including phenoxy) is 1. The van der Waals surface area contributed by atoms with Gasteiger partial charge >= 0.3 is 0 Å². The van der Waals surface area contributed by atoms with Gasteiger partial charge in [0.25, 0.3) is 17.5 Å². The van der Waals surface area contributed by atoms with Gasteiger partial charge in [-0.25, -0.2) is 0 Å². The third-order valence-corrected chi connectivity index (χ3v) is 3.58. The number of hydrogen-bond donors (Lipinski definition) is 2. The zero-order chi connectivity index (χ0) is 19.4. The SMILES string of the molecule is CCCOc1ccc([N+](=O)[O-])cc1C(=O)Nc1c(C(N)=O)c(C)nn1C. The summed E-state index contributed by atoms with van der Waals surface area (Å²) in [6.45, 7) is 3.82. The third kappa shape index (κ3) is 3.79. The Labute approximate surface area is 149 Å². The van der Waals surface area contributed by atoms with Gasteiger partial charge in [-0.15, -0.1) is 0 Å². The lowest BCUT2D eigenvalue weighted by molar-refractivity contribution is -0.384. The molecule has 26 heavy (non-hydrogen) atoms. The molecule has 0 atom stereocenters. The molecule has 0 unspecified atom stereocenters. The molecule has 0 aliphatic rings. The minimum absolute atomic E-state index is 0.0260. The van der Waals surface area contributed by atoms with Crippen molar-refractivity contribution in [1.29, 1.82) is 0 Å². The van der Waals surface area contributed by atoms with Crippen LogP contribution in [0.25, 0.3) is 0 Å². The predicted molar refractivity (Wildman–Crippen MR) is 93.3 cm³/mol. The number of carbonyl (C=O) groups is 2. The Morgan fingerprint density at radius 3 is 2.69 bits per heavy atom. The molecule has 2 aromatic rings. The summed E-state index contributed by atoms with van der Waals surface area (Å²) >= 11 is 0. The summed E-state index contributed by atoms with van der Waals surface area (Å²) in [5, 5.41) is 17.6. The fourth-order valence-electron chi connectivity index (χ4n) is 2.42. The van der Waals surface area contributed by atoms with Crippen LogP contribution in [-0.4, -0.2) is 33.1 Å². The maximum Gasteiger partial charge on any atom is 0.270 e. The number of non-ortho nitro benzene ring substituents is 1. The summed E-state index contributed by atoms with van der Waals surface area (Å²) < 4.78 is 6.80. The molecule has 0 aliphatic heterocycles. The number of nitro benzene ring substituents is 1. The van der Waals surface area contributed by atoms with Gasteiger partial charge in [0.15, 0.2) is 0 Å². The van der Waals surface area contributed by atoms with E-state index in [2.05, 4.69) is 10.4 Å². The van der Waals surface area contributed by atoms with Crippen LogP contribution >= 0.6 is 0 Å². The van der Waals surface area contributed by atoms with Crippen molar-refractivity contribution in [2.75, 3.05) is 11.9 Å². The van der Waals surface area contributed by atoms with Crippen molar-refractivity contribution in [3.63, 3.8) is 0 Å². The maximum absolute atomic E-state index is 12.7. The zero-order valence-electron chi connectivity index (χ0n) is 14.6. The van der Waals surface area contributed by atoms with Gasteiger partial charge in [-0.3, -0.25) is 24.4 Å². The molecule has 0 saturated heterocycles. The van der Waals surface area contributed by atoms with E-state index in [9.17, 15) is 19.7 Å². The molecule has 2 amide bonds. The van der Waals surface area contributed by atoms with Crippen molar-refractivity contribution >= 4 is 23.3 Å². The van der Waals surface area contributed by atoms with Crippen LogP contribution in [0.4, 0.5) is 11.5 Å². The number of hydrogen-bond acceptors (Lipinski definition) is 6. The molecule has 0 radical (unpaired) electrons. The first-order valence-corrected chi connectivity index (χ1v) is 7.82. The zero-order valence-corrected chi connectivity index (χ0v) is 14.6. The van der Waals surface area contributed by atoms with Crippen LogP contribution in [0.3, 0.4) is 0 Å². The molecule has 1 aromatic heterocycles. The number of amides is 2. The van der Waals surface area contributed by atoms with Crippen LogP contribution < -0.4 is 15.8 Å². The van der Waals surface area contributed by atoms with E-state index in [1.807, 2.05) is 6.92 Å². The number of rotatable bonds is 7. The predicted octanol–water partition coefficient (Wildman–Crippen LogP) is 1.78. The number of benzene rings is 1. The quantitative estimate of drug-likeness (QED) is 0.568. The van der Waals surface area contributed by atoms with Crippen molar-refractivity contribution in [3.05, 3.63) is 45.1 Å². The lowest BCUT2D eigenvalue weighted by Crippen LogP contribution is -2.20. The number of nitrogens with zero attached hydrogens (tertiary/aromatic N) is 3. The summed E-state index contributed by atoms with van der Waals surface area (Å²) in [7, 11) is 1.54. The van der Waals surface area contributed by atoms with E-state index in [0.717, 1.165) is 6.07 Å². The van der Waals surface area contributed by atoms with E-state index in [-0.39, 0.29) is 28.4 Å². The van der Waals surface area contributed by atoms with Crippen molar-refractivity contribution in [2.45, 2.75) is 20.3 Å². The van der Waals surface area contributed by atoms with Crippen LogP contribution in [0, 0.1) is 17.0 Å². The van der Waals surface area contributed by atoms with E-state index in [4.69, 9.17) is 10.5 Å². The molecule has 10 heteroatoms. The highest BCUT2D eigenvalue weighted by molar-refractivity contribution is 6.09. The van der Waals surface area contributed by atoms with E-state index in [1.165, 1.54) is 23.9 Å². The van der Waals surface area contributed by atoms with Gasteiger partial charge < -0.3 is 15.8 Å². The fraction of sp³-hybridized carbons (Fsp3) is 0.312. The van der Waals surface area contributed by atoms with Gasteiger partial charge in [0.05, 0.1) is 22.8 Å². The summed E-state index contributed by atoms with van der Waals surface area (Å²) in [5.74, 6) is -1.11. The number of primary amides is 1. The summed E-state index contributed by atoms with van der Waals surface area (Å²) in [5.41, 5.74) is 5.49. The van der Waals surface area contributed by atoms with Crippen molar-refractivity contribution in [1.82, 2.24) is 9.78 Å². The highest BCUT2D eigenvalue weighted by Gasteiger charge is 2.23. The highest BCUT2D eigenvalue weighted by Crippen LogP contribution is 2.26. The van der Waals surface area contributed by atoms with Crippen molar-refractivity contribution in [3.8, 4) is 5.75 Å². The number of anilines is 1. The monoisotopic (exact) mass is 361 g/mol. The first kappa shape index (κ1) is 18.9. The maximum atomic E-state index is 12.7. The molecular weight excluding hydrogens is 342 g/mol. The largest absolute Gasteiger partial charge is 0.493 e. The molecule has 3 N–H and O–H groups in total. The van der Waals surface area contributed by atoms with Gasteiger partial charge in [-0.1, -0.05) is 6.92 Å². The average molecular weight is 361 g/mol. The Balaban J connectivity index is 2.44. The summed E-state index contributed by atoms with van der Waals surface area (Å²) in [6, 6.07) is 3.74. The Bertz CT molecular complexity index is 874. The molecule has 1 heterocycles. The molecule has 0 saturated carbocycles. The van der Waals surface area contributed by atoms with E-state index in [1.54, 1.807) is 6.92 Å². The number of nitro groups is 1. The highest BCUT2D eigenvalue weighted by atomic mass is 16.6. The third-order valence-electron chi connectivity index (χ3n) is 3.58. The lowest BCUT2D eigenvalue weighted by atomic mass is 10.1.